The summed E-state index contributed by atoms with van der Waals surface area (Å²) >= 11 is 0. The van der Waals surface area contributed by atoms with E-state index in [9.17, 15) is 4.79 Å². The van der Waals surface area contributed by atoms with Gasteiger partial charge in [0.1, 0.15) is 0 Å². The van der Waals surface area contributed by atoms with Crippen molar-refractivity contribution in [1.29, 1.82) is 0 Å². The van der Waals surface area contributed by atoms with Gasteiger partial charge in [0, 0.05) is 24.8 Å². The number of amides is 1. The highest BCUT2D eigenvalue weighted by molar-refractivity contribution is 5.95. The summed E-state index contributed by atoms with van der Waals surface area (Å²) in [6.45, 7) is 8.69. The van der Waals surface area contributed by atoms with Crippen LogP contribution in [0.5, 0.6) is 0 Å². The Labute approximate surface area is 109 Å². The number of hydrogen-bond donors (Lipinski definition) is 1. The van der Waals surface area contributed by atoms with Gasteiger partial charge in [-0.3, -0.25) is 4.79 Å². The Morgan fingerprint density at radius 1 is 1.33 bits per heavy atom. The number of benzene rings is 1. The van der Waals surface area contributed by atoms with Crippen LogP contribution < -0.4 is 0 Å². The van der Waals surface area contributed by atoms with Gasteiger partial charge in [0.2, 0.25) is 0 Å². The van der Waals surface area contributed by atoms with Gasteiger partial charge < -0.3 is 10.0 Å². The normalized spacial score (nSPS) is 10.8. The molecule has 18 heavy (non-hydrogen) atoms. The summed E-state index contributed by atoms with van der Waals surface area (Å²) in [6, 6.07) is 6.02. The molecule has 0 aromatic heterocycles. The number of nitrogens with zero attached hydrogens (tertiary/aromatic N) is 1. The van der Waals surface area contributed by atoms with Crippen molar-refractivity contribution in [3.8, 4) is 0 Å². The molecular weight excluding hydrogens is 226 g/mol. The number of aliphatic hydroxyl groups excluding tert-OH is 1. The Balaban J connectivity index is 2.94. The second-order valence-corrected chi connectivity index (χ2v) is 4.99. The van der Waals surface area contributed by atoms with Crippen LogP contribution in [0.2, 0.25) is 0 Å². The smallest absolute Gasteiger partial charge is 0.254 e. The first kappa shape index (κ1) is 14.7. The fourth-order valence-electron chi connectivity index (χ4n) is 2.04. The third-order valence-electron chi connectivity index (χ3n) is 3.05. The summed E-state index contributed by atoms with van der Waals surface area (Å²) in [7, 11) is 0. The molecule has 0 unspecified atom stereocenters. The molecule has 1 aromatic rings. The van der Waals surface area contributed by atoms with Crippen LogP contribution >= 0.6 is 0 Å². The SMILES string of the molecule is Cc1ccc(C(=O)N(CCCO)C(C)C)c(C)c1. The number of aliphatic hydroxyl groups is 1. The average molecular weight is 249 g/mol. The molecule has 0 radical (unpaired) electrons. The zero-order chi connectivity index (χ0) is 13.7. The van der Waals surface area contributed by atoms with E-state index in [0.717, 1.165) is 16.7 Å². The van der Waals surface area contributed by atoms with Gasteiger partial charge in [0.25, 0.3) is 5.91 Å². The van der Waals surface area contributed by atoms with E-state index < -0.39 is 0 Å². The van der Waals surface area contributed by atoms with Gasteiger partial charge in [-0.05, 0) is 45.7 Å². The van der Waals surface area contributed by atoms with E-state index in [-0.39, 0.29) is 18.6 Å². The predicted octanol–water partition coefficient (Wildman–Crippen LogP) is 2.54. The molecule has 3 nitrogen and oxygen atoms in total. The monoisotopic (exact) mass is 249 g/mol. The van der Waals surface area contributed by atoms with Crippen LogP contribution in [-0.2, 0) is 0 Å². The Bertz CT molecular complexity index is 413. The average Bonchev–Trinajstić information content (AvgIpc) is 2.28. The second kappa shape index (κ2) is 6.55. The molecule has 1 rings (SSSR count). The van der Waals surface area contributed by atoms with Crippen LogP contribution in [0.15, 0.2) is 18.2 Å². The maximum absolute atomic E-state index is 12.5. The number of carbonyl (C=O) groups is 1. The van der Waals surface area contributed by atoms with Crippen LogP contribution in [0.3, 0.4) is 0 Å². The maximum Gasteiger partial charge on any atom is 0.254 e. The molecule has 0 bridgehead atoms. The van der Waals surface area contributed by atoms with Gasteiger partial charge in [-0.25, -0.2) is 0 Å². The summed E-state index contributed by atoms with van der Waals surface area (Å²) in [5, 5.41) is 8.90. The van der Waals surface area contributed by atoms with Crippen LogP contribution in [-0.4, -0.2) is 35.1 Å². The molecular formula is C15H23NO2. The molecule has 3 heteroatoms. The standard InChI is InChI=1S/C15H23NO2/c1-11(2)16(8-5-9-17)15(18)14-7-6-12(3)10-13(14)4/h6-7,10-11,17H,5,8-9H2,1-4H3. The van der Waals surface area contributed by atoms with Gasteiger partial charge in [0.15, 0.2) is 0 Å². The molecule has 0 spiro atoms. The van der Waals surface area contributed by atoms with Gasteiger partial charge in [-0.15, -0.1) is 0 Å². The predicted molar refractivity (Wildman–Crippen MR) is 73.8 cm³/mol. The quantitative estimate of drug-likeness (QED) is 0.871. The van der Waals surface area contributed by atoms with Crippen molar-refractivity contribution in [3.63, 3.8) is 0 Å². The minimum absolute atomic E-state index is 0.0518. The molecule has 0 saturated carbocycles. The first-order chi connectivity index (χ1) is 8.47. The van der Waals surface area contributed by atoms with Crippen LogP contribution in [0.1, 0.15) is 41.8 Å². The first-order valence-corrected chi connectivity index (χ1v) is 6.46. The van der Waals surface area contributed by atoms with Crippen molar-refractivity contribution in [2.45, 2.75) is 40.2 Å². The summed E-state index contributed by atoms with van der Waals surface area (Å²) in [5.41, 5.74) is 2.93. The van der Waals surface area contributed by atoms with Crippen molar-refractivity contribution < 1.29 is 9.90 Å². The summed E-state index contributed by atoms with van der Waals surface area (Å²) in [5.74, 6) is 0.0518. The molecule has 1 N–H and O–H groups in total. The molecule has 0 aliphatic heterocycles. The van der Waals surface area contributed by atoms with E-state index in [4.69, 9.17) is 5.11 Å². The summed E-state index contributed by atoms with van der Waals surface area (Å²) in [6.07, 6.45) is 0.620. The molecule has 0 heterocycles. The molecule has 0 aliphatic carbocycles. The van der Waals surface area contributed by atoms with Gasteiger partial charge in [-0.2, -0.15) is 0 Å². The van der Waals surface area contributed by atoms with Crippen molar-refractivity contribution >= 4 is 5.91 Å². The fourth-order valence-corrected chi connectivity index (χ4v) is 2.04. The molecule has 0 saturated heterocycles. The third kappa shape index (κ3) is 3.57. The van der Waals surface area contributed by atoms with Crippen molar-refractivity contribution in [1.82, 2.24) is 4.90 Å². The Hall–Kier alpha value is -1.35. The highest BCUT2D eigenvalue weighted by atomic mass is 16.3. The number of aryl methyl sites for hydroxylation is 2. The Morgan fingerprint density at radius 3 is 2.50 bits per heavy atom. The van der Waals surface area contributed by atoms with E-state index in [1.807, 2.05) is 50.8 Å². The first-order valence-electron chi connectivity index (χ1n) is 6.46. The van der Waals surface area contributed by atoms with E-state index in [2.05, 4.69) is 0 Å². The number of rotatable bonds is 5. The fraction of sp³-hybridized carbons (Fsp3) is 0.533. The number of carbonyl (C=O) groups excluding carboxylic acids is 1. The molecule has 0 aliphatic rings. The lowest BCUT2D eigenvalue weighted by atomic mass is 10.0. The lowest BCUT2D eigenvalue weighted by Crippen LogP contribution is -2.38. The minimum Gasteiger partial charge on any atom is -0.396 e. The van der Waals surface area contributed by atoms with Crippen molar-refractivity contribution in [2.75, 3.05) is 13.2 Å². The Morgan fingerprint density at radius 2 is 2.00 bits per heavy atom. The van der Waals surface area contributed by atoms with Crippen LogP contribution in [0, 0.1) is 13.8 Å². The second-order valence-electron chi connectivity index (χ2n) is 4.99. The van der Waals surface area contributed by atoms with Crippen LogP contribution in [0.25, 0.3) is 0 Å². The summed E-state index contributed by atoms with van der Waals surface area (Å²) in [4.78, 5) is 14.3. The van der Waals surface area contributed by atoms with E-state index in [1.54, 1.807) is 0 Å². The molecule has 100 valence electrons. The summed E-state index contributed by atoms with van der Waals surface area (Å²) < 4.78 is 0. The highest BCUT2D eigenvalue weighted by Gasteiger charge is 2.19. The molecule has 1 aromatic carbocycles. The lowest BCUT2D eigenvalue weighted by Gasteiger charge is -2.27. The van der Waals surface area contributed by atoms with Gasteiger partial charge in [-0.1, -0.05) is 17.7 Å². The zero-order valence-corrected chi connectivity index (χ0v) is 11.7. The van der Waals surface area contributed by atoms with E-state index in [1.165, 1.54) is 0 Å². The van der Waals surface area contributed by atoms with Crippen molar-refractivity contribution in [2.24, 2.45) is 0 Å². The Kier molecular flexibility index (Phi) is 5.35. The zero-order valence-electron chi connectivity index (χ0n) is 11.7. The molecule has 0 atom stereocenters. The third-order valence-corrected chi connectivity index (χ3v) is 3.05. The number of hydrogen-bond acceptors (Lipinski definition) is 2. The van der Waals surface area contributed by atoms with Crippen LogP contribution in [0.4, 0.5) is 0 Å². The minimum atomic E-state index is 0.0518. The van der Waals surface area contributed by atoms with Gasteiger partial charge in [0.05, 0.1) is 0 Å². The lowest BCUT2D eigenvalue weighted by molar-refractivity contribution is 0.0692. The molecule has 0 fully saturated rings. The topological polar surface area (TPSA) is 40.5 Å². The van der Waals surface area contributed by atoms with E-state index in [0.29, 0.717) is 13.0 Å². The largest absolute Gasteiger partial charge is 0.396 e. The van der Waals surface area contributed by atoms with E-state index >= 15 is 0 Å². The van der Waals surface area contributed by atoms with Crippen molar-refractivity contribution in [3.05, 3.63) is 34.9 Å². The highest BCUT2D eigenvalue weighted by Crippen LogP contribution is 2.15. The maximum atomic E-state index is 12.5. The molecule has 1 amide bonds. The van der Waals surface area contributed by atoms with Gasteiger partial charge >= 0.3 is 0 Å².